The Labute approximate surface area is 153 Å². The Kier molecular flexibility index (Phi) is 4.99. The van der Waals surface area contributed by atoms with Crippen molar-refractivity contribution < 1.29 is 4.79 Å². The molecule has 2 fully saturated rings. The molecule has 2 aromatic rings. The summed E-state index contributed by atoms with van der Waals surface area (Å²) >= 11 is 2.07. The summed E-state index contributed by atoms with van der Waals surface area (Å²) in [6, 6.07) is 6.82. The predicted molar refractivity (Wildman–Crippen MR) is 103 cm³/mol. The van der Waals surface area contributed by atoms with Crippen LogP contribution >= 0.6 is 11.8 Å². The first-order valence-corrected chi connectivity index (χ1v) is 10.4. The summed E-state index contributed by atoms with van der Waals surface area (Å²) in [4.78, 5) is 25.0. The van der Waals surface area contributed by atoms with Crippen LogP contribution in [-0.2, 0) is 11.2 Å². The molecule has 1 aromatic carbocycles. The van der Waals surface area contributed by atoms with E-state index in [1.807, 2.05) is 24.0 Å². The van der Waals surface area contributed by atoms with Crippen molar-refractivity contribution in [2.75, 3.05) is 37.7 Å². The van der Waals surface area contributed by atoms with Gasteiger partial charge in [0.25, 0.3) is 0 Å². The van der Waals surface area contributed by atoms with E-state index >= 15 is 0 Å². The number of rotatable bonds is 3. The van der Waals surface area contributed by atoms with E-state index in [-0.39, 0.29) is 5.91 Å². The first kappa shape index (κ1) is 16.9. The number of benzene rings is 1. The summed E-state index contributed by atoms with van der Waals surface area (Å²) < 4.78 is 0. The van der Waals surface area contributed by atoms with E-state index in [4.69, 9.17) is 0 Å². The number of fused-ring (bicyclic) bond motifs is 1. The lowest BCUT2D eigenvalue weighted by atomic mass is 10.1. The number of piperazine rings is 1. The molecule has 0 saturated carbocycles. The second-order valence-corrected chi connectivity index (χ2v) is 8.34. The van der Waals surface area contributed by atoms with Gasteiger partial charge in [-0.2, -0.15) is 11.8 Å². The van der Waals surface area contributed by atoms with Crippen molar-refractivity contribution in [3.8, 4) is 0 Å². The molecule has 3 heterocycles. The van der Waals surface area contributed by atoms with Crippen molar-refractivity contribution in [3.05, 3.63) is 29.6 Å². The van der Waals surface area contributed by atoms with Crippen molar-refractivity contribution in [1.29, 1.82) is 0 Å². The molecule has 0 radical (unpaired) electrons. The molecule has 0 unspecified atom stereocenters. The zero-order valence-electron chi connectivity index (χ0n) is 14.8. The van der Waals surface area contributed by atoms with Gasteiger partial charge in [-0.3, -0.25) is 9.69 Å². The number of imidazole rings is 1. The van der Waals surface area contributed by atoms with Crippen LogP contribution in [0.5, 0.6) is 0 Å². The van der Waals surface area contributed by atoms with Gasteiger partial charge in [-0.05, 0) is 49.0 Å². The SMILES string of the molecule is Cc1nc2ccc(CC(=O)N3CCN(C4CCSCC4)CC3)cc2[nH]1. The number of amides is 1. The minimum Gasteiger partial charge on any atom is -0.342 e. The van der Waals surface area contributed by atoms with Crippen LogP contribution in [0, 0.1) is 6.92 Å². The highest BCUT2D eigenvalue weighted by molar-refractivity contribution is 7.99. The minimum absolute atomic E-state index is 0.245. The molecule has 0 spiro atoms. The number of nitrogens with zero attached hydrogens (tertiary/aromatic N) is 3. The number of hydrogen-bond acceptors (Lipinski definition) is 4. The van der Waals surface area contributed by atoms with Crippen molar-refractivity contribution in [1.82, 2.24) is 19.8 Å². The Morgan fingerprint density at radius 2 is 2.00 bits per heavy atom. The largest absolute Gasteiger partial charge is 0.342 e. The Morgan fingerprint density at radius 1 is 1.24 bits per heavy atom. The van der Waals surface area contributed by atoms with E-state index < -0.39 is 0 Å². The molecular formula is C19H26N4OS. The fourth-order valence-electron chi connectivity index (χ4n) is 3.97. The maximum absolute atomic E-state index is 12.7. The number of aromatic amines is 1. The molecule has 2 saturated heterocycles. The summed E-state index contributed by atoms with van der Waals surface area (Å²) in [6.07, 6.45) is 3.10. The molecule has 2 aliphatic rings. The maximum atomic E-state index is 12.7. The molecule has 2 aliphatic heterocycles. The van der Waals surface area contributed by atoms with E-state index in [0.717, 1.165) is 54.6 Å². The monoisotopic (exact) mass is 358 g/mol. The highest BCUT2D eigenvalue weighted by Crippen LogP contribution is 2.23. The Balaban J connectivity index is 1.33. The van der Waals surface area contributed by atoms with Gasteiger partial charge in [0.1, 0.15) is 5.82 Å². The zero-order chi connectivity index (χ0) is 17.2. The van der Waals surface area contributed by atoms with Crippen LogP contribution < -0.4 is 0 Å². The molecule has 0 bridgehead atoms. The molecule has 25 heavy (non-hydrogen) atoms. The molecule has 6 heteroatoms. The molecule has 5 nitrogen and oxygen atoms in total. The molecule has 0 aliphatic carbocycles. The van der Waals surface area contributed by atoms with Crippen LogP contribution in [0.4, 0.5) is 0 Å². The van der Waals surface area contributed by atoms with Gasteiger partial charge in [-0.15, -0.1) is 0 Å². The topological polar surface area (TPSA) is 52.2 Å². The summed E-state index contributed by atoms with van der Waals surface area (Å²) in [5.74, 6) is 3.74. The third-order valence-electron chi connectivity index (χ3n) is 5.39. The highest BCUT2D eigenvalue weighted by atomic mass is 32.2. The van der Waals surface area contributed by atoms with Crippen LogP contribution in [-0.4, -0.2) is 69.4 Å². The lowest BCUT2D eigenvalue weighted by molar-refractivity contribution is -0.132. The van der Waals surface area contributed by atoms with Gasteiger partial charge < -0.3 is 9.88 Å². The Morgan fingerprint density at radius 3 is 2.76 bits per heavy atom. The summed E-state index contributed by atoms with van der Waals surface area (Å²) in [7, 11) is 0. The van der Waals surface area contributed by atoms with Crippen molar-refractivity contribution in [2.24, 2.45) is 0 Å². The summed E-state index contributed by atoms with van der Waals surface area (Å²) in [5.41, 5.74) is 3.05. The van der Waals surface area contributed by atoms with Gasteiger partial charge in [0.05, 0.1) is 17.5 Å². The number of aromatic nitrogens is 2. The number of aryl methyl sites for hydroxylation is 1. The number of hydrogen-bond donors (Lipinski definition) is 1. The molecule has 1 aromatic heterocycles. The fraction of sp³-hybridized carbons (Fsp3) is 0.579. The third kappa shape index (κ3) is 3.85. The van der Waals surface area contributed by atoms with Gasteiger partial charge in [-0.1, -0.05) is 6.07 Å². The number of nitrogens with one attached hydrogen (secondary N) is 1. The lowest BCUT2D eigenvalue weighted by Gasteiger charge is -2.40. The average molecular weight is 359 g/mol. The van der Waals surface area contributed by atoms with Gasteiger partial charge in [-0.25, -0.2) is 4.98 Å². The van der Waals surface area contributed by atoms with Gasteiger partial charge in [0.15, 0.2) is 0 Å². The van der Waals surface area contributed by atoms with Gasteiger partial charge in [0.2, 0.25) is 5.91 Å². The van der Waals surface area contributed by atoms with E-state index in [1.165, 1.54) is 24.3 Å². The second kappa shape index (κ2) is 7.38. The van der Waals surface area contributed by atoms with E-state index in [2.05, 4.69) is 32.7 Å². The second-order valence-electron chi connectivity index (χ2n) is 7.11. The summed E-state index contributed by atoms with van der Waals surface area (Å²) in [5, 5.41) is 0. The smallest absolute Gasteiger partial charge is 0.227 e. The first-order valence-electron chi connectivity index (χ1n) is 9.24. The fourth-order valence-corrected chi connectivity index (χ4v) is 5.05. The zero-order valence-corrected chi connectivity index (χ0v) is 15.6. The highest BCUT2D eigenvalue weighted by Gasteiger charge is 2.27. The van der Waals surface area contributed by atoms with Crippen LogP contribution in [0.3, 0.4) is 0 Å². The third-order valence-corrected chi connectivity index (χ3v) is 6.44. The standard InChI is InChI=1S/C19H26N4OS/c1-14-20-17-3-2-15(12-18(17)21-14)13-19(24)23-8-6-22(7-9-23)16-4-10-25-11-5-16/h2-3,12,16H,4-11,13H2,1H3,(H,20,21). The van der Waals surface area contributed by atoms with Crippen LogP contribution in [0.2, 0.25) is 0 Å². The van der Waals surface area contributed by atoms with Crippen molar-refractivity contribution >= 4 is 28.7 Å². The molecule has 4 rings (SSSR count). The normalized spacial score (nSPS) is 20.3. The Bertz CT molecular complexity index is 745. The first-order chi connectivity index (χ1) is 12.2. The number of carbonyl (C=O) groups is 1. The lowest BCUT2D eigenvalue weighted by Crippen LogP contribution is -2.52. The molecular weight excluding hydrogens is 332 g/mol. The van der Waals surface area contributed by atoms with Crippen LogP contribution in [0.25, 0.3) is 11.0 Å². The quantitative estimate of drug-likeness (QED) is 0.916. The number of thioether (sulfide) groups is 1. The van der Waals surface area contributed by atoms with Gasteiger partial charge in [0, 0.05) is 32.2 Å². The average Bonchev–Trinajstić information content (AvgIpc) is 3.02. The van der Waals surface area contributed by atoms with Crippen LogP contribution in [0.1, 0.15) is 24.2 Å². The number of carbonyl (C=O) groups excluding carboxylic acids is 1. The maximum Gasteiger partial charge on any atom is 0.227 e. The van der Waals surface area contributed by atoms with E-state index in [0.29, 0.717) is 6.42 Å². The molecule has 0 atom stereocenters. The molecule has 134 valence electrons. The Hall–Kier alpha value is -1.53. The minimum atomic E-state index is 0.245. The van der Waals surface area contributed by atoms with E-state index in [9.17, 15) is 4.79 Å². The molecule has 1 N–H and O–H groups in total. The van der Waals surface area contributed by atoms with E-state index in [1.54, 1.807) is 0 Å². The van der Waals surface area contributed by atoms with Crippen LogP contribution in [0.15, 0.2) is 18.2 Å². The van der Waals surface area contributed by atoms with Crippen molar-refractivity contribution in [3.63, 3.8) is 0 Å². The predicted octanol–water partition coefficient (Wildman–Crippen LogP) is 2.45. The summed E-state index contributed by atoms with van der Waals surface area (Å²) in [6.45, 7) is 5.75. The molecule has 1 amide bonds. The number of H-pyrrole nitrogens is 1. The van der Waals surface area contributed by atoms with Gasteiger partial charge >= 0.3 is 0 Å². The van der Waals surface area contributed by atoms with Crippen molar-refractivity contribution in [2.45, 2.75) is 32.2 Å².